The smallest absolute Gasteiger partial charge is 0.262 e. The molecule has 0 bridgehead atoms. The quantitative estimate of drug-likeness (QED) is 0.451. The first-order valence-corrected chi connectivity index (χ1v) is 10.0. The number of para-hydroxylation sites is 1. The van der Waals surface area contributed by atoms with E-state index in [0.717, 1.165) is 23.2 Å². The Labute approximate surface area is 174 Å². The number of nitrogens with one attached hydrogen (secondary N) is 2. The molecule has 0 spiro atoms. The molecule has 3 aromatic rings. The highest BCUT2D eigenvalue weighted by molar-refractivity contribution is 7.71. The van der Waals surface area contributed by atoms with Gasteiger partial charge in [0.25, 0.3) is 11.5 Å². The molecule has 3 rings (SSSR count). The van der Waals surface area contributed by atoms with Gasteiger partial charge in [0.05, 0.1) is 10.9 Å². The second-order valence-electron chi connectivity index (χ2n) is 6.91. The number of aryl methyl sites for hydroxylation is 2. The highest BCUT2D eigenvalue weighted by Gasteiger charge is 2.13. The van der Waals surface area contributed by atoms with E-state index in [0.29, 0.717) is 40.8 Å². The Kier molecular flexibility index (Phi) is 6.61. The first-order valence-electron chi connectivity index (χ1n) is 9.62. The fourth-order valence-corrected chi connectivity index (χ4v) is 3.64. The summed E-state index contributed by atoms with van der Waals surface area (Å²) in [5.74, 6) is -0.223. The van der Waals surface area contributed by atoms with Gasteiger partial charge in [-0.25, -0.2) is 0 Å². The maximum atomic E-state index is 12.8. The number of rotatable bonds is 7. The summed E-state index contributed by atoms with van der Waals surface area (Å²) in [6, 6.07) is 11.0. The summed E-state index contributed by atoms with van der Waals surface area (Å²) < 4.78 is 6.90. The van der Waals surface area contributed by atoms with Crippen LogP contribution in [0.1, 0.15) is 34.8 Å². The number of hydrogen-bond acceptors (Lipinski definition) is 4. The van der Waals surface area contributed by atoms with Crippen molar-refractivity contribution in [2.45, 2.75) is 33.2 Å². The van der Waals surface area contributed by atoms with E-state index in [2.05, 4.69) is 17.2 Å². The highest BCUT2D eigenvalue weighted by Crippen LogP contribution is 2.22. The second-order valence-corrected chi connectivity index (χ2v) is 7.30. The molecule has 6 nitrogen and oxygen atoms in total. The van der Waals surface area contributed by atoms with E-state index in [1.807, 2.05) is 25.1 Å². The van der Waals surface area contributed by atoms with Gasteiger partial charge < -0.3 is 15.0 Å². The summed E-state index contributed by atoms with van der Waals surface area (Å²) in [5.41, 5.74) is 3.77. The number of carbonyl (C=O) groups is 1. The molecule has 0 aliphatic carbocycles. The number of benzene rings is 2. The first kappa shape index (κ1) is 21.0. The zero-order chi connectivity index (χ0) is 21.0. The molecule has 0 aliphatic rings. The molecule has 29 heavy (non-hydrogen) atoms. The third-order valence-electron chi connectivity index (χ3n) is 4.95. The monoisotopic (exact) mass is 411 g/mol. The van der Waals surface area contributed by atoms with Crippen LogP contribution in [0.15, 0.2) is 41.2 Å². The van der Waals surface area contributed by atoms with Crippen LogP contribution in [0.2, 0.25) is 0 Å². The van der Waals surface area contributed by atoms with Crippen LogP contribution >= 0.6 is 12.2 Å². The van der Waals surface area contributed by atoms with E-state index >= 15 is 0 Å². The van der Waals surface area contributed by atoms with Crippen molar-refractivity contribution in [2.24, 2.45) is 0 Å². The van der Waals surface area contributed by atoms with Gasteiger partial charge >= 0.3 is 0 Å². The largest absolute Gasteiger partial charge is 0.385 e. The zero-order valence-corrected chi connectivity index (χ0v) is 17.7. The average Bonchev–Trinajstić information content (AvgIpc) is 2.71. The van der Waals surface area contributed by atoms with Gasteiger partial charge in [0.1, 0.15) is 0 Å². The van der Waals surface area contributed by atoms with Crippen molar-refractivity contribution >= 4 is 34.7 Å². The molecule has 0 saturated carbocycles. The summed E-state index contributed by atoms with van der Waals surface area (Å²) in [5, 5.41) is 3.51. The van der Waals surface area contributed by atoms with Crippen LogP contribution in [-0.4, -0.2) is 29.2 Å². The number of ether oxygens (including phenoxy) is 1. The van der Waals surface area contributed by atoms with E-state index in [4.69, 9.17) is 17.0 Å². The van der Waals surface area contributed by atoms with Crippen molar-refractivity contribution < 1.29 is 9.53 Å². The lowest BCUT2D eigenvalue weighted by molar-refractivity contribution is 0.102. The Bertz CT molecular complexity index is 1160. The third kappa shape index (κ3) is 4.46. The maximum absolute atomic E-state index is 12.8. The molecule has 0 radical (unpaired) electrons. The number of nitrogens with zero attached hydrogens (tertiary/aromatic N) is 1. The van der Waals surface area contributed by atoms with Crippen LogP contribution in [0.3, 0.4) is 0 Å². The minimum atomic E-state index is -0.223. The molecule has 0 atom stereocenters. The number of hydrogen-bond donors (Lipinski definition) is 2. The average molecular weight is 412 g/mol. The van der Waals surface area contributed by atoms with E-state index in [1.54, 1.807) is 25.3 Å². The molecular formula is C22H25N3O3S. The number of anilines is 1. The van der Waals surface area contributed by atoms with Gasteiger partial charge in [-0.3, -0.25) is 14.2 Å². The molecule has 152 valence electrons. The molecular weight excluding hydrogens is 386 g/mol. The number of aromatic amines is 1. The van der Waals surface area contributed by atoms with E-state index in [-0.39, 0.29) is 11.5 Å². The lowest BCUT2D eigenvalue weighted by Gasteiger charge is -2.13. The summed E-state index contributed by atoms with van der Waals surface area (Å²) in [7, 11) is 1.62. The van der Waals surface area contributed by atoms with Crippen molar-refractivity contribution in [3.05, 3.63) is 68.2 Å². The van der Waals surface area contributed by atoms with Gasteiger partial charge in [0.15, 0.2) is 4.77 Å². The van der Waals surface area contributed by atoms with Crippen LogP contribution < -0.4 is 10.9 Å². The van der Waals surface area contributed by atoms with Gasteiger partial charge in [-0.15, -0.1) is 0 Å². The predicted molar refractivity (Wildman–Crippen MR) is 118 cm³/mol. The first-order chi connectivity index (χ1) is 14.0. The molecule has 0 saturated heterocycles. The summed E-state index contributed by atoms with van der Waals surface area (Å²) in [6.07, 6.45) is 1.51. The molecule has 2 N–H and O–H groups in total. The lowest BCUT2D eigenvalue weighted by Crippen LogP contribution is -2.23. The van der Waals surface area contributed by atoms with Crippen molar-refractivity contribution in [1.82, 2.24) is 9.55 Å². The fraction of sp³-hybridized carbons (Fsp3) is 0.318. The van der Waals surface area contributed by atoms with Crippen molar-refractivity contribution in [2.75, 3.05) is 19.0 Å². The number of amides is 1. The molecule has 0 fully saturated rings. The predicted octanol–water partition coefficient (Wildman–Crippen LogP) is 4.22. The Balaban J connectivity index is 1.94. The Morgan fingerprint density at radius 2 is 2.07 bits per heavy atom. The molecule has 0 aliphatic heterocycles. The van der Waals surface area contributed by atoms with Gasteiger partial charge in [-0.1, -0.05) is 25.1 Å². The third-order valence-corrected chi connectivity index (χ3v) is 5.28. The standard InChI is InChI=1S/C22H25N3O3S/c1-4-15-8-5-7-14(2)19(15)24-20(26)16-9-10-17-18(13-16)23-22(29)25(21(17)27)11-6-12-28-3/h5,7-10,13H,4,6,11-12H2,1-3H3,(H,23,29)(H,24,26). The van der Waals surface area contributed by atoms with Crippen LogP contribution in [0.25, 0.3) is 10.9 Å². The molecule has 0 unspecified atom stereocenters. The van der Waals surface area contributed by atoms with Crippen LogP contribution in [0.4, 0.5) is 5.69 Å². The van der Waals surface area contributed by atoms with E-state index in [1.165, 1.54) is 4.57 Å². The van der Waals surface area contributed by atoms with Gasteiger partial charge in [0.2, 0.25) is 0 Å². The van der Waals surface area contributed by atoms with Crippen LogP contribution in [-0.2, 0) is 17.7 Å². The molecule has 1 heterocycles. The summed E-state index contributed by atoms with van der Waals surface area (Å²) in [4.78, 5) is 28.7. The molecule has 2 aromatic carbocycles. The summed E-state index contributed by atoms with van der Waals surface area (Å²) in [6.45, 7) is 5.06. The van der Waals surface area contributed by atoms with Gasteiger partial charge in [0, 0.05) is 31.5 Å². The van der Waals surface area contributed by atoms with Crippen molar-refractivity contribution in [3.8, 4) is 0 Å². The van der Waals surface area contributed by atoms with E-state index < -0.39 is 0 Å². The highest BCUT2D eigenvalue weighted by atomic mass is 32.1. The van der Waals surface area contributed by atoms with Crippen molar-refractivity contribution in [1.29, 1.82) is 0 Å². The number of carbonyl (C=O) groups excluding carboxylic acids is 1. The molecule has 1 aromatic heterocycles. The number of fused-ring (bicyclic) bond motifs is 1. The number of methoxy groups -OCH3 is 1. The number of aromatic nitrogens is 2. The zero-order valence-electron chi connectivity index (χ0n) is 16.9. The van der Waals surface area contributed by atoms with E-state index in [9.17, 15) is 9.59 Å². The topological polar surface area (TPSA) is 76.1 Å². The van der Waals surface area contributed by atoms with Crippen molar-refractivity contribution in [3.63, 3.8) is 0 Å². The SMILES string of the molecule is CCc1cccc(C)c1NC(=O)c1ccc2c(=O)n(CCCOC)c(=S)[nH]c2c1. The minimum absolute atomic E-state index is 0.168. The van der Waals surface area contributed by atoms with Crippen LogP contribution in [0.5, 0.6) is 0 Å². The fourth-order valence-electron chi connectivity index (χ4n) is 3.35. The summed E-state index contributed by atoms with van der Waals surface area (Å²) >= 11 is 5.35. The maximum Gasteiger partial charge on any atom is 0.262 e. The molecule has 7 heteroatoms. The minimum Gasteiger partial charge on any atom is -0.385 e. The van der Waals surface area contributed by atoms with Gasteiger partial charge in [-0.2, -0.15) is 0 Å². The lowest BCUT2D eigenvalue weighted by atomic mass is 10.0. The van der Waals surface area contributed by atoms with Gasteiger partial charge in [-0.05, 0) is 61.3 Å². The van der Waals surface area contributed by atoms with Crippen LogP contribution in [0, 0.1) is 11.7 Å². The normalized spacial score (nSPS) is 11.0. The number of H-pyrrole nitrogens is 1. The Morgan fingerprint density at radius 1 is 1.28 bits per heavy atom. The Hall–Kier alpha value is -2.77. The second kappa shape index (κ2) is 9.15. The Morgan fingerprint density at radius 3 is 2.79 bits per heavy atom. The molecule has 1 amide bonds.